The standard InChI is InChI=1S/C18H29NO3/c1-11(2)12(3)16(20)13-9-14-7-8-15(10-13)19(14)17(21)22-18(4,5)6/h13-15H,7-10H2,1-6H3. The van der Waals surface area contributed by atoms with Gasteiger partial charge < -0.3 is 9.64 Å². The number of carbonyl (C=O) groups excluding carboxylic acids is 2. The second-order valence-corrected chi connectivity index (χ2v) is 7.93. The van der Waals surface area contributed by atoms with Crippen molar-refractivity contribution in [2.24, 2.45) is 5.92 Å². The van der Waals surface area contributed by atoms with Crippen molar-refractivity contribution >= 4 is 11.9 Å². The van der Waals surface area contributed by atoms with E-state index in [4.69, 9.17) is 4.74 Å². The Balaban J connectivity index is 2.08. The third kappa shape index (κ3) is 3.53. The number of allylic oxidation sites excluding steroid dienone is 2. The van der Waals surface area contributed by atoms with Crippen LogP contribution in [0.4, 0.5) is 4.79 Å². The summed E-state index contributed by atoms with van der Waals surface area (Å²) >= 11 is 0. The molecule has 22 heavy (non-hydrogen) atoms. The van der Waals surface area contributed by atoms with Gasteiger partial charge in [0, 0.05) is 18.0 Å². The molecule has 1 amide bonds. The van der Waals surface area contributed by atoms with Crippen molar-refractivity contribution in [3.05, 3.63) is 11.1 Å². The molecule has 0 aromatic heterocycles. The number of hydrogen-bond acceptors (Lipinski definition) is 3. The number of fused-ring (bicyclic) bond motifs is 2. The molecule has 2 bridgehead atoms. The van der Waals surface area contributed by atoms with Gasteiger partial charge in [-0.05, 0) is 72.8 Å². The van der Waals surface area contributed by atoms with Crippen molar-refractivity contribution in [3.63, 3.8) is 0 Å². The lowest BCUT2D eigenvalue weighted by Crippen LogP contribution is -2.49. The van der Waals surface area contributed by atoms with E-state index in [0.717, 1.165) is 36.8 Å². The molecule has 0 spiro atoms. The molecule has 2 saturated heterocycles. The Morgan fingerprint density at radius 2 is 1.50 bits per heavy atom. The molecular formula is C18H29NO3. The largest absolute Gasteiger partial charge is 0.444 e. The lowest BCUT2D eigenvalue weighted by Gasteiger charge is -2.39. The number of amides is 1. The summed E-state index contributed by atoms with van der Waals surface area (Å²) in [4.78, 5) is 26.9. The van der Waals surface area contributed by atoms with E-state index in [1.165, 1.54) is 0 Å². The minimum absolute atomic E-state index is 0.0612. The average Bonchev–Trinajstić information content (AvgIpc) is 2.66. The highest BCUT2D eigenvalue weighted by Crippen LogP contribution is 2.40. The fourth-order valence-corrected chi connectivity index (χ4v) is 3.56. The van der Waals surface area contributed by atoms with Gasteiger partial charge >= 0.3 is 6.09 Å². The van der Waals surface area contributed by atoms with Crippen LogP contribution in [0.2, 0.25) is 0 Å². The van der Waals surface area contributed by atoms with Crippen LogP contribution in [0.1, 0.15) is 67.2 Å². The highest BCUT2D eigenvalue weighted by Gasteiger charge is 2.46. The maximum Gasteiger partial charge on any atom is 0.410 e. The molecule has 2 fully saturated rings. The van der Waals surface area contributed by atoms with Gasteiger partial charge in [-0.15, -0.1) is 0 Å². The number of ketones is 1. The van der Waals surface area contributed by atoms with Crippen LogP contribution < -0.4 is 0 Å². The van der Waals surface area contributed by atoms with E-state index in [9.17, 15) is 9.59 Å². The Bertz CT molecular complexity index is 483. The lowest BCUT2D eigenvalue weighted by molar-refractivity contribution is -0.121. The second kappa shape index (κ2) is 6.05. The van der Waals surface area contributed by atoms with Crippen molar-refractivity contribution in [2.45, 2.75) is 84.9 Å². The summed E-state index contributed by atoms with van der Waals surface area (Å²) in [5.74, 6) is 0.326. The van der Waals surface area contributed by atoms with Crippen molar-refractivity contribution < 1.29 is 14.3 Å². The third-order valence-electron chi connectivity index (χ3n) is 4.83. The zero-order valence-electron chi connectivity index (χ0n) is 14.7. The van der Waals surface area contributed by atoms with Gasteiger partial charge in [-0.3, -0.25) is 4.79 Å². The highest BCUT2D eigenvalue weighted by atomic mass is 16.6. The summed E-state index contributed by atoms with van der Waals surface area (Å²) in [7, 11) is 0. The van der Waals surface area contributed by atoms with Crippen LogP contribution in [-0.2, 0) is 9.53 Å². The number of ether oxygens (including phenoxy) is 1. The molecule has 4 heteroatoms. The third-order valence-corrected chi connectivity index (χ3v) is 4.83. The zero-order valence-corrected chi connectivity index (χ0v) is 14.7. The second-order valence-electron chi connectivity index (χ2n) is 7.93. The Kier molecular flexibility index (Phi) is 4.69. The van der Waals surface area contributed by atoms with E-state index in [0.29, 0.717) is 0 Å². The van der Waals surface area contributed by atoms with Crippen LogP contribution in [0.25, 0.3) is 0 Å². The fraction of sp³-hybridized carbons (Fsp3) is 0.778. The van der Waals surface area contributed by atoms with Crippen LogP contribution in [0.15, 0.2) is 11.1 Å². The molecule has 0 radical (unpaired) electrons. The van der Waals surface area contributed by atoms with Gasteiger partial charge in [-0.2, -0.15) is 0 Å². The lowest BCUT2D eigenvalue weighted by atomic mass is 9.84. The molecular weight excluding hydrogens is 278 g/mol. The first kappa shape index (κ1) is 17.0. The van der Waals surface area contributed by atoms with Gasteiger partial charge in [0.25, 0.3) is 0 Å². The van der Waals surface area contributed by atoms with E-state index in [-0.39, 0.29) is 29.9 Å². The summed E-state index contributed by atoms with van der Waals surface area (Å²) < 4.78 is 5.53. The first-order chi connectivity index (χ1) is 10.1. The van der Waals surface area contributed by atoms with Crippen LogP contribution >= 0.6 is 0 Å². The van der Waals surface area contributed by atoms with Crippen molar-refractivity contribution in [2.75, 3.05) is 0 Å². The van der Waals surface area contributed by atoms with Crippen molar-refractivity contribution in [1.82, 2.24) is 4.90 Å². The minimum Gasteiger partial charge on any atom is -0.444 e. The first-order valence-electron chi connectivity index (χ1n) is 8.29. The quantitative estimate of drug-likeness (QED) is 0.722. The topological polar surface area (TPSA) is 46.6 Å². The highest BCUT2D eigenvalue weighted by molar-refractivity contribution is 5.97. The Morgan fingerprint density at radius 3 is 1.91 bits per heavy atom. The monoisotopic (exact) mass is 307 g/mol. The number of nitrogens with zero attached hydrogens (tertiary/aromatic N) is 1. The number of hydrogen-bond donors (Lipinski definition) is 0. The van der Waals surface area contributed by atoms with E-state index < -0.39 is 5.60 Å². The maximum atomic E-state index is 12.6. The predicted molar refractivity (Wildman–Crippen MR) is 86.7 cm³/mol. The Morgan fingerprint density at radius 1 is 1.00 bits per heavy atom. The van der Waals surface area contributed by atoms with E-state index in [1.54, 1.807) is 0 Å². The average molecular weight is 307 g/mol. The van der Waals surface area contributed by atoms with Gasteiger partial charge in [0.2, 0.25) is 0 Å². The SMILES string of the molecule is CC(C)=C(C)C(=O)C1CC2CCC(C1)N2C(=O)OC(C)(C)C. The summed E-state index contributed by atoms with van der Waals surface area (Å²) in [5.41, 5.74) is 1.50. The maximum absolute atomic E-state index is 12.6. The smallest absolute Gasteiger partial charge is 0.410 e. The zero-order chi connectivity index (χ0) is 16.7. The normalized spacial score (nSPS) is 27.5. The molecule has 2 unspecified atom stereocenters. The van der Waals surface area contributed by atoms with Gasteiger partial charge in [0.05, 0.1) is 0 Å². The molecule has 2 rings (SSSR count). The van der Waals surface area contributed by atoms with E-state index in [2.05, 4.69) is 0 Å². The predicted octanol–water partition coefficient (Wildman–Crippen LogP) is 4.09. The molecule has 0 aliphatic carbocycles. The number of rotatable bonds is 2. The van der Waals surface area contributed by atoms with Gasteiger partial charge in [0.1, 0.15) is 5.60 Å². The summed E-state index contributed by atoms with van der Waals surface area (Å²) in [6.07, 6.45) is 3.31. The molecule has 2 heterocycles. The molecule has 2 aliphatic rings. The molecule has 2 atom stereocenters. The summed E-state index contributed by atoms with van der Waals surface area (Å²) in [6, 6.07) is 0.319. The number of carbonyl (C=O) groups is 2. The molecule has 0 N–H and O–H groups in total. The molecule has 0 aromatic rings. The number of piperidine rings is 1. The summed E-state index contributed by atoms with van der Waals surface area (Å²) in [6.45, 7) is 11.6. The van der Waals surface area contributed by atoms with E-state index in [1.807, 2.05) is 46.4 Å². The molecule has 2 aliphatic heterocycles. The van der Waals surface area contributed by atoms with Gasteiger partial charge in [-0.1, -0.05) is 5.57 Å². The summed E-state index contributed by atoms with van der Waals surface area (Å²) in [5, 5.41) is 0. The number of Topliss-reactive ketones (excluding diaryl/α,β-unsaturated/α-hetero) is 1. The Hall–Kier alpha value is -1.32. The van der Waals surface area contributed by atoms with Crippen LogP contribution in [0, 0.1) is 5.92 Å². The minimum atomic E-state index is -0.470. The van der Waals surface area contributed by atoms with Crippen molar-refractivity contribution in [1.29, 1.82) is 0 Å². The van der Waals surface area contributed by atoms with Crippen molar-refractivity contribution in [3.8, 4) is 0 Å². The van der Waals surface area contributed by atoms with E-state index >= 15 is 0 Å². The Labute approximate surface area is 133 Å². The molecule has 0 aromatic carbocycles. The molecule has 0 saturated carbocycles. The molecule has 4 nitrogen and oxygen atoms in total. The van der Waals surface area contributed by atoms with Crippen LogP contribution in [0.3, 0.4) is 0 Å². The van der Waals surface area contributed by atoms with Crippen LogP contribution in [0.5, 0.6) is 0 Å². The molecule has 124 valence electrons. The fourth-order valence-electron chi connectivity index (χ4n) is 3.56. The van der Waals surface area contributed by atoms with Crippen LogP contribution in [-0.4, -0.2) is 34.5 Å². The van der Waals surface area contributed by atoms with Gasteiger partial charge in [0.15, 0.2) is 5.78 Å². The first-order valence-corrected chi connectivity index (χ1v) is 8.29. The van der Waals surface area contributed by atoms with Gasteiger partial charge in [-0.25, -0.2) is 4.79 Å².